The van der Waals surface area contributed by atoms with Crippen molar-refractivity contribution in [3.8, 4) is 23.3 Å². The van der Waals surface area contributed by atoms with Crippen molar-refractivity contribution >= 4 is 33.5 Å². The summed E-state index contributed by atoms with van der Waals surface area (Å²) in [6.07, 6.45) is 0. The van der Waals surface area contributed by atoms with Crippen molar-refractivity contribution in [3.05, 3.63) is 51.0 Å². The molecule has 5 nitrogen and oxygen atoms in total. The molecule has 0 amide bonds. The van der Waals surface area contributed by atoms with E-state index in [9.17, 15) is 4.79 Å². The molecule has 0 aromatic heterocycles. The van der Waals surface area contributed by atoms with Crippen LogP contribution in [-0.4, -0.2) is 19.2 Å². The maximum Gasteiger partial charge on any atom is 0.349 e. The van der Waals surface area contributed by atoms with E-state index >= 15 is 0 Å². The summed E-state index contributed by atoms with van der Waals surface area (Å²) in [6.45, 7) is 3.72. The van der Waals surface area contributed by atoms with Crippen LogP contribution in [0.15, 0.2) is 34.8 Å². The van der Waals surface area contributed by atoms with E-state index in [0.717, 1.165) is 5.56 Å². The van der Waals surface area contributed by atoms with Gasteiger partial charge in [0.2, 0.25) is 0 Å². The second-order valence-corrected chi connectivity index (χ2v) is 6.29. The fraction of sp³-hybridized carbons (Fsp3) is 0.222. The fourth-order valence-corrected chi connectivity index (χ4v) is 2.80. The number of nitriles is 1. The zero-order valence-corrected chi connectivity index (χ0v) is 16.0. The standard InChI is InChI=1S/C18H15BrClNO4/c1-3-23-16-8-12(9-21)7-14(19)18(16)25-17(22)10-24-15-5-4-13(20)6-11(15)2/h4-8H,3,10H2,1-2H3. The van der Waals surface area contributed by atoms with Crippen LogP contribution in [0.3, 0.4) is 0 Å². The molecule has 0 saturated carbocycles. The predicted octanol–water partition coefficient (Wildman–Crippen LogP) is 4.67. The average Bonchev–Trinajstić information content (AvgIpc) is 2.57. The first kappa shape index (κ1) is 19.1. The number of benzene rings is 2. The van der Waals surface area contributed by atoms with Gasteiger partial charge in [-0.25, -0.2) is 4.79 Å². The summed E-state index contributed by atoms with van der Waals surface area (Å²) < 4.78 is 16.7. The average molecular weight is 425 g/mol. The molecule has 0 saturated heterocycles. The predicted molar refractivity (Wildman–Crippen MR) is 97.3 cm³/mol. The van der Waals surface area contributed by atoms with Gasteiger partial charge in [0.25, 0.3) is 0 Å². The molecule has 0 aliphatic carbocycles. The minimum absolute atomic E-state index is 0.210. The van der Waals surface area contributed by atoms with Crippen LogP contribution < -0.4 is 14.2 Å². The first-order valence-electron chi connectivity index (χ1n) is 7.40. The number of esters is 1. The van der Waals surface area contributed by atoms with Gasteiger partial charge in [-0.1, -0.05) is 11.6 Å². The third-order valence-electron chi connectivity index (χ3n) is 3.14. The largest absolute Gasteiger partial charge is 0.490 e. The van der Waals surface area contributed by atoms with Crippen molar-refractivity contribution < 1.29 is 19.0 Å². The Balaban J connectivity index is 2.11. The molecule has 2 rings (SSSR count). The highest BCUT2D eigenvalue weighted by Gasteiger charge is 2.17. The molecule has 0 heterocycles. The Kier molecular flexibility index (Phi) is 6.68. The van der Waals surface area contributed by atoms with Gasteiger partial charge in [-0.3, -0.25) is 0 Å². The van der Waals surface area contributed by atoms with Crippen LogP contribution >= 0.6 is 27.5 Å². The van der Waals surface area contributed by atoms with Crippen LogP contribution in [0.2, 0.25) is 5.02 Å². The molecule has 0 bridgehead atoms. The topological polar surface area (TPSA) is 68.5 Å². The molecule has 0 aliphatic rings. The third-order valence-corrected chi connectivity index (χ3v) is 3.96. The molecule has 0 atom stereocenters. The van der Waals surface area contributed by atoms with Crippen LogP contribution in [0, 0.1) is 18.3 Å². The number of ether oxygens (including phenoxy) is 3. The molecular weight excluding hydrogens is 410 g/mol. The summed E-state index contributed by atoms with van der Waals surface area (Å²) in [5.74, 6) is 0.470. The molecule has 7 heteroatoms. The smallest absolute Gasteiger partial charge is 0.349 e. The van der Waals surface area contributed by atoms with Crippen molar-refractivity contribution in [2.45, 2.75) is 13.8 Å². The summed E-state index contributed by atoms with van der Waals surface area (Å²) in [5.41, 5.74) is 1.21. The highest BCUT2D eigenvalue weighted by atomic mass is 79.9. The van der Waals surface area contributed by atoms with Gasteiger partial charge < -0.3 is 14.2 Å². The van der Waals surface area contributed by atoms with Crippen molar-refractivity contribution in [2.75, 3.05) is 13.2 Å². The quantitative estimate of drug-likeness (QED) is 0.498. The highest BCUT2D eigenvalue weighted by molar-refractivity contribution is 9.10. The third kappa shape index (κ3) is 5.12. The van der Waals surface area contributed by atoms with Crippen molar-refractivity contribution in [1.82, 2.24) is 0 Å². The Hall–Kier alpha value is -2.23. The first-order valence-corrected chi connectivity index (χ1v) is 8.57. The van der Waals surface area contributed by atoms with Gasteiger partial charge in [0.05, 0.1) is 22.7 Å². The molecule has 2 aromatic carbocycles. The zero-order valence-electron chi connectivity index (χ0n) is 13.6. The number of hydrogen-bond donors (Lipinski definition) is 0. The number of hydrogen-bond acceptors (Lipinski definition) is 5. The molecule has 25 heavy (non-hydrogen) atoms. The van der Waals surface area contributed by atoms with Gasteiger partial charge in [0.15, 0.2) is 18.1 Å². The Bertz CT molecular complexity index is 833. The highest BCUT2D eigenvalue weighted by Crippen LogP contribution is 2.37. The minimum atomic E-state index is -0.597. The molecular formula is C18H15BrClNO4. The normalized spacial score (nSPS) is 10.0. The van der Waals surface area contributed by atoms with Crippen LogP contribution in [0.4, 0.5) is 0 Å². The lowest BCUT2D eigenvalue weighted by Crippen LogP contribution is -2.18. The van der Waals surface area contributed by atoms with Gasteiger partial charge in [-0.05, 0) is 59.6 Å². The Morgan fingerprint density at radius 1 is 1.24 bits per heavy atom. The monoisotopic (exact) mass is 423 g/mol. The molecule has 0 aliphatic heterocycles. The molecule has 0 radical (unpaired) electrons. The van der Waals surface area contributed by atoms with Gasteiger partial charge in [0, 0.05) is 11.1 Å². The Labute approximate surface area is 159 Å². The Morgan fingerprint density at radius 2 is 2.00 bits per heavy atom. The second-order valence-electron chi connectivity index (χ2n) is 5.00. The number of halogens is 2. The van der Waals surface area contributed by atoms with E-state index in [2.05, 4.69) is 15.9 Å². The van der Waals surface area contributed by atoms with Crippen molar-refractivity contribution in [2.24, 2.45) is 0 Å². The molecule has 0 spiro atoms. The van der Waals surface area contributed by atoms with Crippen molar-refractivity contribution in [3.63, 3.8) is 0 Å². The van der Waals surface area contributed by atoms with Gasteiger partial charge >= 0.3 is 5.97 Å². The SMILES string of the molecule is CCOc1cc(C#N)cc(Br)c1OC(=O)COc1ccc(Cl)cc1C. The lowest BCUT2D eigenvalue weighted by atomic mass is 10.2. The lowest BCUT2D eigenvalue weighted by Gasteiger charge is -2.13. The number of carbonyl (C=O) groups is 1. The van der Waals surface area contributed by atoms with E-state index in [1.807, 2.05) is 13.0 Å². The van der Waals surface area contributed by atoms with E-state index in [-0.39, 0.29) is 12.4 Å². The molecule has 0 fully saturated rings. The molecule has 0 unspecified atom stereocenters. The molecule has 2 aromatic rings. The van der Waals surface area contributed by atoms with Crippen LogP contribution in [0.5, 0.6) is 17.2 Å². The number of rotatable bonds is 6. The summed E-state index contributed by atoms with van der Waals surface area (Å²) >= 11 is 9.18. The van der Waals surface area contributed by atoms with Gasteiger partial charge in [0.1, 0.15) is 5.75 Å². The van der Waals surface area contributed by atoms with E-state index in [0.29, 0.717) is 33.2 Å². The van der Waals surface area contributed by atoms with Crippen molar-refractivity contribution in [1.29, 1.82) is 5.26 Å². The fourth-order valence-electron chi connectivity index (χ4n) is 2.05. The van der Waals surface area contributed by atoms with E-state index < -0.39 is 5.97 Å². The van der Waals surface area contributed by atoms with Crippen LogP contribution in [0.1, 0.15) is 18.1 Å². The lowest BCUT2D eigenvalue weighted by molar-refractivity contribution is -0.136. The summed E-state index contributed by atoms with van der Waals surface area (Å²) in [6, 6.07) is 10.2. The zero-order chi connectivity index (χ0) is 18.4. The second kappa shape index (κ2) is 8.75. The van der Waals surface area contributed by atoms with E-state index in [4.69, 9.17) is 31.1 Å². The maximum atomic E-state index is 12.1. The van der Waals surface area contributed by atoms with E-state index in [1.165, 1.54) is 6.07 Å². The van der Waals surface area contributed by atoms with Gasteiger partial charge in [-0.2, -0.15) is 5.26 Å². The van der Waals surface area contributed by atoms with E-state index in [1.54, 1.807) is 31.2 Å². The first-order chi connectivity index (χ1) is 11.9. The summed E-state index contributed by atoms with van der Waals surface area (Å²) in [7, 11) is 0. The van der Waals surface area contributed by atoms with Crippen LogP contribution in [-0.2, 0) is 4.79 Å². The minimum Gasteiger partial charge on any atom is -0.490 e. The number of carbonyl (C=O) groups excluding carboxylic acids is 1. The van der Waals surface area contributed by atoms with Gasteiger partial charge in [-0.15, -0.1) is 0 Å². The number of aryl methyl sites for hydroxylation is 1. The summed E-state index contributed by atoms with van der Waals surface area (Å²) in [5, 5.41) is 9.61. The number of nitrogens with zero attached hydrogens (tertiary/aromatic N) is 1. The van der Waals surface area contributed by atoms with Crippen LogP contribution in [0.25, 0.3) is 0 Å². The summed E-state index contributed by atoms with van der Waals surface area (Å²) in [4.78, 5) is 12.1. The molecule has 130 valence electrons. The Morgan fingerprint density at radius 3 is 2.64 bits per heavy atom. The molecule has 0 N–H and O–H groups in total. The maximum absolute atomic E-state index is 12.1.